The van der Waals surface area contributed by atoms with Crippen molar-refractivity contribution in [2.45, 2.75) is 25.0 Å². The minimum Gasteiger partial charge on any atom is -0.465 e. The Morgan fingerprint density at radius 1 is 1.57 bits per heavy atom. The number of hydrogen-bond donors (Lipinski definition) is 0. The zero-order chi connectivity index (χ0) is 15.1. The predicted octanol–water partition coefficient (Wildman–Crippen LogP) is 2.77. The molecule has 0 spiro atoms. The zero-order valence-electron chi connectivity index (χ0n) is 11.8. The van der Waals surface area contributed by atoms with E-state index in [2.05, 4.69) is 22.8 Å². The second kappa shape index (κ2) is 7.99. The number of aromatic nitrogens is 3. The number of nitrogens with zero attached hydrogens (tertiary/aromatic N) is 3. The molecule has 0 atom stereocenters. The van der Waals surface area contributed by atoms with Crippen LogP contribution >= 0.6 is 23.1 Å². The number of esters is 1. The monoisotopic (exact) mass is 323 g/mol. The average molecular weight is 323 g/mol. The van der Waals surface area contributed by atoms with E-state index in [1.165, 1.54) is 16.6 Å². The van der Waals surface area contributed by atoms with Gasteiger partial charge < -0.3 is 9.30 Å². The Morgan fingerprint density at radius 3 is 3.10 bits per heavy atom. The van der Waals surface area contributed by atoms with Crippen molar-refractivity contribution in [3.8, 4) is 0 Å². The van der Waals surface area contributed by atoms with Crippen LogP contribution in [-0.4, -0.2) is 33.1 Å². The minimum atomic E-state index is -0.240. The van der Waals surface area contributed by atoms with Crippen molar-refractivity contribution >= 4 is 29.1 Å². The summed E-state index contributed by atoms with van der Waals surface area (Å²) >= 11 is 3.03. The molecule has 0 saturated carbocycles. The maximum Gasteiger partial charge on any atom is 0.316 e. The Labute approximate surface area is 132 Å². The van der Waals surface area contributed by atoms with Gasteiger partial charge in [-0.25, -0.2) is 0 Å². The molecule has 21 heavy (non-hydrogen) atoms. The van der Waals surface area contributed by atoms with Crippen molar-refractivity contribution in [1.82, 2.24) is 14.8 Å². The quantitative estimate of drug-likeness (QED) is 0.425. The molecule has 0 fully saturated rings. The van der Waals surface area contributed by atoms with Crippen molar-refractivity contribution in [2.75, 3.05) is 12.4 Å². The van der Waals surface area contributed by atoms with E-state index >= 15 is 0 Å². The summed E-state index contributed by atoms with van der Waals surface area (Å²) in [6, 6.07) is 4.09. The minimum absolute atomic E-state index is 0.238. The van der Waals surface area contributed by atoms with Crippen LogP contribution in [-0.2, 0) is 22.5 Å². The fraction of sp³-hybridized carbons (Fsp3) is 0.357. The van der Waals surface area contributed by atoms with Gasteiger partial charge in [0.05, 0.1) is 12.4 Å². The fourth-order valence-electron chi connectivity index (χ4n) is 1.76. The van der Waals surface area contributed by atoms with Crippen LogP contribution in [0.1, 0.15) is 17.6 Å². The Hall–Kier alpha value is -1.60. The van der Waals surface area contributed by atoms with Crippen LogP contribution < -0.4 is 0 Å². The molecule has 0 N–H and O–H groups in total. The van der Waals surface area contributed by atoms with Gasteiger partial charge in [-0.05, 0) is 18.4 Å². The van der Waals surface area contributed by atoms with Gasteiger partial charge in [0.1, 0.15) is 5.82 Å². The molecule has 0 aliphatic heterocycles. The highest BCUT2D eigenvalue weighted by Gasteiger charge is 2.14. The van der Waals surface area contributed by atoms with Crippen LogP contribution in [0.15, 0.2) is 35.3 Å². The van der Waals surface area contributed by atoms with Crippen LogP contribution in [0.2, 0.25) is 0 Å². The summed E-state index contributed by atoms with van der Waals surface area (Å²) in [5.74, 6) is 0.876. The van der Waals surface area contributed by atoms with Crippen molar-refractivity contribution in [3.63, 3.8) is 0 Å². The number of thiophene rings is 1. The Morgan fingerprint density at radius 2 is 2.43 bits per heavy atom. The molecule has 2 heterocycles. The van der Waals surface area contributed by atoms with Crippen molar-refractivity contribution in [3.05, 3.63) is 40.9 Å². The Bertz CT molecular complexity index is 593. The molecule has 0 saturated heterocycles. The molecule has 0 aliphatic carbocycles. The molecule has 0 amide bonds. The summed E-state index contributed by atoms with van der Waals surface area (Å²) in [6.07, 6.45) is 2.54. The molecule has 112 valence electrons. The van der Waals surface area contributed by atoms with Crippen molar-refractivity contribution in [1.29, 1.82) is 0 Å². The maximum atomic E-state index is 11.4. The highest BCUT2D eigenvalue weighted by Crippen LogP contribution is 2.20. The fourth-order valence-corrected chi connectivity index (χ4v) is 3.23. The normalized spacial score (nSPS) is 10.5. The molecule has 0 bridgehead atoms. The summed E-state index contributed by atoms with van der Waals surface area (Å²) in [4.78, 5) is 12.7. The standard InChI is InChI=1S/C14H17N3O2S2/c1-3-7-17-12(9-11-6-5-8-20-11)15-16-14(17)21-10-13(18)19-4-2/h3,5-6,8H,1,4,7,9-10H2,2H3. The first-order valence-corrected chi connectivity index (χ1v) is 8.45. The molecule has 0 aromatic carbocycles. The van der Waals surface area contributed by atoms with E-state index in [9.17, 15) is 4.79 Å². The van der Waals surface area contributed by atoms with Crippen LogP contribution in [0, 0.1) is 0 Å². The smallest absolute Gasteiger partial charge is 0.316 e. The predicted molar refractivity (Wildman–Crippen MR) is 84.7 cm³/mol. The molecule has 0 aliphatic rings. The molecule has 0 unspecified atom stereocenters. The number of ether oxygens (including phenoxy) is 1. The molecule has 2 aromatic rings. The largest absolute Gasteiger partial charge is 0.465 e. The van der Waals surface area contributed by atoms with E-state index in [4.69, 9.17) is 4.74 Å². The lowest BCUT2D eigenvalue weighted by molar-refractivity contribution is -0.139. The zero-order valence-corrected chi connectivity index (χ0v) is 13.5. The first kappa shape index (κ1) is 15.8. The van der Waals surface area contributed by atoms with Gasteiger partial charge in [0.15, 0.2) is 5.16 Å². The summed E-state index contributed by atoms with van der Waals surface area (Å²) in [6.45, 7) is 6.57. The molecular formula is C14H17N3O2S2. The average Bonchev–Trinajstić information content (AvgIpc) is 3.09. The highest BCUT2D eigenvalue weighted by molar-refractivity contribution is 7.99. The third-order valence-corrected chi connectivity index (χ3v) is 4.46. The Kier molecular flexibility index (Phi) is 6.01. The van der Waals surface area contributed by atoms with Gasteiger partial charge in [-0.3, -0.25) is 4.79 Å². The maximum absolute atomic E-state index is 11.4. The third kappa shape index (κ3) is 4.44. The number of allylic oxidation sites excluding steroid dienone is 1. The van der Waals surface area contributed by atoms with Gasteiger partial charge in [0, 0.05) is 17.8 Å². The van der Waals surface area contributed by atoms with Crippen molar-refractivity contribution in [2.24, 2.45) is 0 Å². The van der Waals surface area contributed by atoms with E-state index < -0.39 is 0 Å². The second-order valence-corrected chi connectivity index (χ2v) is 6.12. The van der Waals surface area contributed by atoms with E-state index in [0.717, 1.165) is 17.4 Å². The van der Waals surface area contributed by atoms with Crippen LogP contribution in [0.3, 0.4) is 0 Å². The topological polar surface area (TPSA) is 57.0 Å². The van der Waals surface area contributed by atoms with Crippen molar-refractivity contribution < 1.29 is 9.53 Å². The van der Waals surface area contributed by atoms with E-state index in [1.54, 1.807) is 24.3 Å². The first-order chi connectivity index (χ1) is 10.2. The van der Waals surface area contributed by atoms with E-state index in [1.807, 2.05) is 16.0 Å². The number of carbonyl (C=O) groups excluding carboxylic acids is 1. The molecule has 7 heteroatoms. The van der Waals surface area contributed by atoms with Crippen LogP contribution in [0.4, 0.5) is 0 Å². The van der Waals surface area contributed by atoms with Gasteiger partial charge in [0.2, 0.25) is 0 Å². The van der Waals surface area contributed by atoms with Gasteiger partial charge in [-0.15, -0.1) is 28.1 Å². The molecule has 2 rings (SSSR count). The number of hydrogen-bond acceptors (Lipinski definition) is 6. The molecule has 2 aromatic heterocycles. The first-order valence-electron chi connectivity index (χ1n) is 6.58. The summed E-state index contributed by atoms with van der Waals surface area (Å²) in [5, 5.41) is 11.2. The van der Waals surface area contributed by atoms with Gasteiger partial charge in [-0.2, -0.15) is 0 Å². The lowest BCUT2D eigenvalue weighted by atomic mass is 10.3. The number of thioether (sulfide) groups is 1. The molecular weight excluding hydrogens is 306 g/mol. The summed E-state index contributed by atoms with van der Waals surface area (Å²) in [7, 11) is 0. The summed E-state index contributed by atoms with van der Waals surface area (Å²) < 4.78 is 6.90. The molecule has 5 nitrogen and oxygen atoms in total. The number of rotatable bonds is 8. The van der Waals surface area contributed by atoms with E-state index in [-0.39, 0.29) is 11.7 Å². The second-order valence-electron chi connectivity index (χ2n) is 4.15. The summed E-state index contributed by atoms with van der Waals surface area (Å²) in [5.41, 5.74) is 0. The lowest BCUT2D eigenvalue weighted by Crippen LogP contribution is -2.09. The lowest BCUT2D eigenvalue weighted by Gasteiger charge is -2.06. The Balaban J connectivity index is 2.08. The highest BCUT2D eigenvalue weighted by atomic mass is 32.2. The van der Waals surface area contributed by atoms with E-state index in [0.29, 0.717) is 13.2 Å². The molecule has 0 radical (unpaired) electrons. The number of carbonyl (C=O) groups is 1. The van der Waals surface area contributed by atoms with Crippen LogP contribution in [0.25, 0.3) is 0 Å². The SMILES string of the molecule is C=CCn1c(Cc2cccs2)nnc1SCC(=O)OCC. The van der Waals surface area contributed by atoms with Gasteiger partial charge in [0.25, 0.3) is 0 Å². The van der Waals surface area contributed by atoms with Gasteiger partial charge >= 0.3 is 5.97 Å². The third-order valence-electron chi connectivity index (χ3n) is 2.64. The van der Waals surface area contributed by atoms with Gasteiger partial charge in [-0.1, -0.05) is 23.9 Å². The van der Waals surface area contributed by atoms with Crippen LogP contribution in [0.5, 0.6) is 0 Å².